The topological polar surface area (TPSA) is 49.3 Å². The largest absolute Gasteiger partial charge is 0.354 e. The number of carbonyl (C=O) groups excluding carboxylic acids is 1. The number of carbonyl (C=O) groups is 1. The Balaban J connectivity index is 1.55. The van der Waals surface area contributed by atoms with Gasteiger partial charge in [0, 0.05) is 38.5 Å². The molecular formula is C17H22F2N4O. The van der Waals surface area contributed by atoms with Crippen molar-refractivity contribution in [1.29, 1.82) is 0 Å². The van der Waals surface area contributed by atoms with Crippen LogP contribution >= 0.6 is 0 Å². The highest BCUT2D eigenvalue weighted by molar-refractivity contribution is 5.81. The average molecular weight is 336 g/mol. The van der Waals surface area contributed by atoms with E-state index in [1.54, 1.807) is 4.90 Å². The molecule has 3 fully saturated rings. The Morgan fingerprint density at radius 2 is 1.96 bits per heavy atom. The number of piperidine rings is 1. The van der Waals surface area contributed by atoms with Crippen molar-refractivity contribution in [3.8, 4) is 0 Å². The van der Waals surface area contributed by atoms with Crippen LogP contribution in [0.3, 0.4) is 0 Å². The zero-order chi connectivity index (χ0) is 16.9. The number of aromatic nitrogens is 2. The molecule has 0 N–H and O–H groups in total. The molecule has 3 aliphatic rings. The fourth-order valence-corrected chi connectivity index (χ4v) is 3.93. The molecule has 1 aromatic heterocycles. The summed E-state index contributed by atoms with van der Waals surface area (Å²) in [7, 11) is 0. The van der Waals surface area contributed by atoms with Crippen molar-refractivity contribution in [3.63, 3.8) is 0 Å². The molecular weight excluding hydrogens is 314 g/mol. The highest BCUT2D eigenvalue weighted by atomic mass is 19.3. The first-order valence-electron chi connectivity index (χ1n) is 8.62. The average Bonchev–Trinajstić information content (AvgIpc) is 3.31. The molecule has 24 heavy (non-hydrogen) atoms. The summed E-state index contributed by atoms with van der Waals surface area (Å²) in [5.41, 5.74) is -0.362. The molecule has 1 saturated carbocycles. The van der Waals surface area contributed by atoms with Gasteiger partial charge >= 0.3 is 0 Å². The lowest BCUT2D eigenvalue weighted by molar-refractivity contribution is -0.169. The Labute approximate surface area is 140 Å². The minimum absolute atomic E-state index is 0.0680. The van der Waals surface area contributed by atoms with Crippen LogP contribution in [0.25, 0.3) is 0 Å². The number of hydrogen-bond acceptors (Lipinski definition) is 4. The van der Waals surface area contributed by atoms with Crippen LogP contribution in [-0.2, 0) is 4.79 Å². The monoisotopic (exact) mass is 336 g/mol. The number of nitrogens with zero attached hydrogens (tertiary/aromatic N) is 4. The Kier molecular flexibility index (Phi) is 3.51. The highest BCUT2D eigenvalue weighted by Gasteiger charge is 2.60. The summed E-state index contributed by atoms with van der Waals surface area (Å²) < 4.78 is 29.5. The molecule has 0 radical (unpaired) electrons. The second-order valence-corrected chi connectivity index (χ2v) is 7.47. The van der Waals surface area contributed by atoms with Crippen LogP contribution in [0.2, 0.25) is 0 Å². The van der Waals surface area contributed by atoms with Crippen molar-refractivity contribution in [3.05, 3.63) is 17.8 Å². The van der Waals surface area contributed by atoms with Gasteiger partial charge in [0.25, 0.3) is 5.92 Å². The number of likely N-dealkylation sites (tertiary alicyclic amines) is 1. The summed E-state index contributed by atoms with van der Waals surface area (Å²) >= 11 is 0. The van der Waals surface area contributed by atoms with E-state index in [9.17, 15) is 13.6 Å². The van der Waals surface area contributed by atoms with Gasteiger partial charge in [-0.25, -0.2) is 8.78 Å². The van der Waals surface area contributed by atoms with E-state index in [4.69, 9.17) is 0 Å². The second-order valence-electron chi connectivity index (χ2n) is 7.47. The van der Waals surface area contributed by atoms with Crippen molar-refractivity contribution in [1.82, 2.24) is 15.1 Å². The van der Waals surface area contributed by atoms with Gasteiger partial charge in [0.1, 0.15) is 0 Å². The van der Waals surface area contributed by atoms with Crippen molar-refractivity contribution in [2.24, 2.45) is 11.3 Å². The lowest BCUT2D eigenvalue weighted by Gasteiger charge is -2.46. The van der Waals surface area contributed by atoms with Gasteiger partial charge in [-0.1, -0.05) is 0 Å². The fraction of sp³-hybridized carbons (Fsp3) is 0.706. The smallest absolute Gasteiger partial charge is 0.258 e. The first kappa shape index (κ1) is 15.7. The summed E-state index contributed by atoms with van der Waals surface area (Å²) in [6.45, 7) is 2.93. The number of amides is 1. The number of alkyl halides is 2. The van der Waals surface area contributed by atoms with Crippen LogP contribution in [0, 0.1) is 18.3 Å². The van der Waals surface area contributed by atoms with Crippen LogP contribution in [0.1, 0.15) is 31.4 Å². The standard InChI is InChI=1S/C17H22F2N4O/c1-12-2-5-14(21-20-12)22-8-6-16(10-22)11-23(9-7-17(16,18)19)15(24)13-3-4-13/h2,5,13H,3-4,6-11H2,1H3. The quantitative estimate of drug-likeness (QED) is 0.831. The van der Waals surface area contributed by atoms with Crippen LogP contribution in [0.5, 0.6) is 0 Å². The highest BCUT2D eigenvalue weighted by Crippen LogP contribution is 2.50. The van der Waals surface area contributed by atoms with Gasteiger partial charge in [-0.3, -0.25) is 4.79 Å². The van der Waals surface area contributed by atoms with E-state index in [1.165, 1.54) is 0 Å². The van der Waals surface area contributed by atoms with Crippen molar-refractivity contribution in [2.75, 3.05) is 31.1 Å². The number of rotatable bonds is 2. The van der Waals surface area contributed by atoms with Gasteiger partial charge in [-0.2, -0.15) is 5.10 Å². The number of halogens is 2. The van der Waals surface area contributed by atoms with Crippen molar-refractivity contribution < 1.29 is 13.6 Å². The van der Waals surface area contributed by atoms with E-state index in [1.807, 2.05) is 24.0 Å². The first-order chi connectivity index (χ1) is 11.4. The minimum Gasteiger partial charge on any atom is -0.354 e. The van der Waals surface area contributed by atoms with E-state index < -0.39 is 11.3 Å². The minimum atomic E-state index is -2.75. The maximum atomic E-state index is 14.8. The Hall–Kier alpha value is -1.79. The number of aryl methyl sites for hydroxylation is 1. The van der Waals surface area contributed by atoms with Crippen molar-refractivity contribution in [2.45, 2.75) is 38.5 Å². The second kappa shape index (κ2) is 5.36. The third-order valence-electron chi connectivity index (χ3n) is 5.66. The lowest BCUT2D eigenvalue weighted by Crippen LogP contribution is -2.58. The molecule has 0 bridgehead atoms. The molecule has 1 atom stereocenters. The summed E-state index contributed by atoms with van der Waals surface area (Å²) in [5, 5.41) is 8.15. The maximum absolute atomic E-state index is 14.8. The van der Waals surface area contributed by atoms with E-state index in [-0.39, 0.29) is 37.9 Å². The predicted molar refractivity (Wildman–Crippen MR) is 84.9 cm³/mol. The summed E-state index contributed by atoms with van der Waals surface area (Å²) in [6.07, 6.45) is 1.95. The zero-order valence-corrected chi connectivity index (χ0v) is 13.8. The van der Waals surface area contributed by atoms with E-state index in [2.05, 4.69) is 10.2 Å². The predicted octanol–water partition coefficient (Wildman–Crippen LogP) is 2.26. The molecule has 1 amide bonds. The third kappa shape index (κ3) is 2.54. The summed E-state index contributed by atoms with van der Waals surface area (Å²) in [4.78, 5) is 15.9. The number of hydrogen-bond donors (Lipinski definition) is 0. The Bertz CT molecular complexity index is 646. The van der Waals surface area contributed by atoms with Gasteiger partial charge < -0.3 is 9.80 Å². The maximum Gasteiger partial charge on any atom is 0.258 e. The van der Waals surface area contributed by atoms with E-state index in [0.29, 0.717) is 18.8 Å². The molecule has 3 heterocycles. The van der Waals surface area contributed by atoms with E-state index in [0.717, 1.165) is 18.5 Å². The van der Waals surface area contributed by atoms with E-state index >= 15 is 0 Å². The molecule has 1 aromatic rings. The van der Waals surface area contributed by atoms with Gasteiger partial charge in [0.05, 0.1) is 11.1 Å². The normalized spacial score (nSPS) is 29.3. The molecule has 1 spiro atoms. The van der Waals surface area contributed by atoms with Crippen molar-refractivity contribution >= 4 is 11.7 Å². The van der Waals surface area contributed by atoms with Crippen LogP contribution in [-0.4, -0.2) is 53.1 Å². The first-order valence-corrected chi connectivity index (χ1v) is 8.62. The fourth-order valence-electron chi connectivity index (χ4n) is 3.93. The Morgan fingerprint density at radius 1 is 1.17 bits per heavy atom. The molecule has 0 aromatic carbocycles. The Morgan fingerprint density at radius 3 is 2.62 bits per heavy atom. The molecule has 4 rings (SSSR count). The SMILES string of the molecule is Cc1ccc(N2CCC3(CN(C(=O)C4CC4)CCC3(F)F)C2)nn1. The van der Waals surface area contributed by atoms with Crippen LogP contribution in [0.15, 0.2) is 12.1 Å². The van der Waals surface area contributed by atoms with Gasteiger partial charge in [-0.05, 0) is 38.3 Å². The molecule has 1 unspecified atom stereocenters. The molecule has 130 valence electrons. The number of anilines is 1. The van der Waals surface area contributed by atoms with Crippen LogP contribution in [0.4, 0.5) is 14.6 Å². The van der Waals surface area contributed by atoms with Gasteiger partial charge in [0.15, 0.2) is 5.82 Å². The lowest BCUT2D eigenvalue weighted by atomic mass is 9.75. The van der Waals surface area contributed by atoms with Gasteiger partial charge in [0.2, 0.25) is 5.91 Å². The molecule has 7 heteroatoms. The summed E-state index contributed by atoms with van der Waals surface area (Å²) in [6, 6.07) is 3.67. The molecule has 2 saturated heterocycles. The molecule has 5 nitrogen and oxygen atoms in total. The zero-order valence-electron chi connectivity index (χ0n) is 13.8. The molecule has 1 aliphatic carbocycles. The molecule has 2 aliphatic heterocycles. The van der Waals surface area contributed by atoms with Gasteiger partial charge in [-0.15, -0.1) is 5.10 Å². The summed E-state index contributed by atoms with van der Waals surface area (Å²) in [5.74, 6) is -1.97. The third-order valence-corrected chi connectivity index (χ3v) is 5.66. The van der Waals surface area contributed by atoms with Crippen LogP contribution < -0.4 is 4.90 Å².